The first-order valence-corrected chi connectivity index (χ1v) is 8.01. The molecular formula is C22H16O3. The topological polar surface area (TPSA) is 27.7 Å². The minimum atomic E-state index is 0.231. The first-order chi connectivity index (χ1) is 12.3. The first-order valence-electron chi connectivity index (χ1n) is 8.01. The van der Waals surface area contributed by atoms with Crippen molar-refractivity contribution in [1.82, 2.24) is 0 Å². The van der Waals surface area contributed by atoms with Crippen molar-refractivity contribution < 1.29 is 14.2 Å². The summed E-state index contributed by atoms with van der Waals surface area (Å²) in [5, 5.41) is 0. The standard InChI is InChI=1S/C22H16O3/c1-2-17-12-21-22(25-15-24-21)13-20(17)18-8-10-19(11-9-18)23-14-16-6-4-3-5-7-16/h1,3-13H,14-15H2. The second-order valence-corrected chi connectivity index (χ2v) is 5.69. The molecule has 0 aromatic heterocycles. The molecule has 1 heterocycles. The minimum absolute atomic E-state index is 0.231. The van der Waals surface area contributed by atoms with E-state index >= 15 is 0 Å². The van der Waals surface area contributed by atoms with Crippen LogP contribution in [0.4, 0.5) is 0 Å². The van der Waals surface area contributed by atoms with Gasteiger partial charge in [-0.2, -0.15) is 0 Å². The average molecular weight is 328 g/mol. The first kappa shape index (κ1) is 15.2. The lowest BCUT2D eigenvalue weighted by molar-refractivity contribution is 0.174. The number of rotatable bonds is 4. The van der Waals surface area contributed by atoms with E-state index in [9.17, 15) is 0 Å². The molecule has 0 saturated carbocycles. The molecule has 0 saturated heterocycles. The van der Waals surface area contributed by atoms with Crippen LogP contribution in [0.3, 0.4) is 0 Å². The second kappa shape index (κ2) is 6.62. The van der Waals surface area contributed by atoms with E-state index in [2.05, 4.69) is 5.92 Å². The summed E-state index contributed by atoms with van der Waals surface area (Å²) in [4.78, 5) is 0. The summed E-state index contributed by atoms with van der Waals surface area (Å²) in [6.45, 7) is 0.773. The highest BCUT2D eigenvalue weighted by molar-refractivity contribution is 5.75. The van der Waals surface area contributed by atoms with Gasteiger partial charge in [-0.15, -0.1) is 6.42 Å². The number of ether oxygens (including phenoxy) is 3. The Bertz CT molecular complexity index is 922. The molecule has 3 aromatic rings. The number of benzene rings is 3. The third kappa shape index (κ3) is 3.15. The molecule has 0 atom stereocenters. The largest absolute Gasteiger partial charge is 0.489 e. The van der Waals surface area contributed by atoms with Crippen LogP contribution in [0, 0.1) is 12.3 Å². The number of hydrogen-bond donors (Lipinski definition) is 0. The minimum Gasteiger partial charge on any atom is -0.489 e. The monoisotopic (exact) mass is 328 g/mol. The molecule has 0 amide bonds. The quantitative estimate of drug-likeness (QED) is 0.653. The molecule has 1 aliphatic heterocycles. The Morgan fingerprint density at radius 3 is 2.36 bits per heavy atom. The van der Waals surface area contributed by atoms with Gasteiger partial charge >= 0.3 is 0 Å². The van der Waals surface area contributed by atoms with Crippen LogP contribution in [0.2, 0.25) is 0 Å². The fourth-order valence-corrected chi connectivity index (χ4v) is 2.77. The molecule has 1 aliphatic rings. The highest BCUT2D eigenvalue weighted by Crippen LogP contribution is 2.38. The summed E-state index contributed by atoms with van der Waals surface area (Å²) in [6, 6.07) is 21.7. The van der Waals surface area contributed by atoms with Crippen molar-refractivity contribution >= 4 is 0 Å². The Balaban J connectivity index is 1.55. The summed E-state index contributed by atoms with van der Waals surface area (Å²) in [5.74, 6) is 4.95. The molecule has 0 N–H and O–H groups in total. The van der Waals surface area contributed by atoms with Crippen molar-refractivity contribution in [3.63, 3.8) is 0 Å². The summed E-state index contributed by atoms with van der Waals surface area (Å²) in [5.41, 5.74) is 3.87. The van der Waals surface area contributed by atoms with Gasteiger partial charge in [-0.25, -0.2) is 0 Å². The average Bonchev–Trinajstić information content (AvgIpc) is 3.14. The van der Waals surface area contributed by atoms with Crippen LogP contribution in [-0.4, -0.2) is 6.79 Å². The van der Waals surface area contributed by atoms with E-state index in [4.69, 9.17) is 20.6 Å². The maximum Gasteiger partial charge on any atom is 0.231 e. The molecule has 0 fully saturated rings. The summed E-state index contributed by atoms with van der Waals surface area (Å²) in [6.07, 6.45) is 5.65. The molecule has 3 heteroatoms. The predicted molar refractivity (Wildman–Crippen MR) is 96.7 cm³/mol. The van der Waals surface area contributed by atoms with Crippen LogP contribution in [0.15, 0.2) is 66.7 Å². The summed E-state index contributed by atoms with van der Waals surface area (Å²) in [7, 11) is 0. The smallest absolute Gasteiger partial charge is 0.231 e. The van der Waals surface area contributed by atoms with Crippen LogP contribution >= 0.6 is 0 Å². The normalized spacial score (nSPS) is 11.8. The van der Waals surface area contributed by atoms with E-state index in [1.165, 1.54) is 0 Å². The van der Waals surface area contributed by atoms with Crippen molar-refractivity contribution in [2.75, 3.05) is 6.79 Å². The zero-order valence-electron chi connectivity index (χ0n) is 13.6. The van der Waals surface area contributed by atoms with Crippen molar-refractivity contribution in [3.05, 3.63) is 77.9 Å². The van der Waals surface area contributed by atoms with Gasteiger partial charge < -0.3 is 14.2 Å². The second-order valence-electron chi connectivity index (χ2n) is 5.69. The predicted octanol–water partition coefficient (Wildman–Crippen LogP) is 4.64. The van der Waals surface area contributed by atoms with E-state index in [1.807, 2.05) is 66.7 Å². The van der Waals surface area contributed by atoms with Crippen molar-refractivity contribution in [2.45, 2.75) is 6.61 Å². The van der Waals surface area contributed by atoms with Gasteiger partial charge in [-0.3, -0.25) is 0 Å². The molecule has 0 spiro atoms. The van der Waals surface area contributed by atoms with Crippen molar-refractivity contribution in [1.29, 1.82) is 0 Å². The van der Waals surface area contributed by atoms with Gasteiger partial charge in [0.15, 0.2) is 11.5 Å². The molecule has 0 bridgehead atoms. The van der Waals surface area contributed by atoms with Gasteiger partial charge in [-0.05, 0) is 29.3 Å². The highest BCUT2D eigenvalue weighted by atomic mass is 16.7. The molecule has 122 valence electrons. The van der Waals surface area contributed by atoms with E-state index in [0.717, 1.165) is 33.8 Å². The van der Waals surface area contributed by atoms with Crippen LogP contribution in [0.25, 0.3) is 11.1 Å². The molecule has 3 aromatic carbocycles. The van der Waals surface area contributed by atoms with E-state index < -0.39 is 0 Å². The summed E-state index contributed by atoms with van der Waals surface area (Å²) < 4.78 is 16.7. The van der Waals surface area contributed by atoms with Gasteiger partial charge in [0.25, 0.3) is 0 Å². The lowest BCUT2D eigenvalue weighted by Crippen LogP contribution is -1.94. The molecule has 0 radical (unpaired) electrons. The molecule has 0 unspecified atom stereocenters. The Kier molecular flexibility index (Phi) is 4.02. The van der Waals surface area contributed by atoms with Crippen molar-refractivity contribution in [3.8, 4) is 40.7 Å². The Labute approximate surface area is 146 Å². The Morgan fingerprint density at radius 1 is 0.920 bits per heavy atom. The fraction of sp³-hybridized carbons (Fsp3) is 0.0909. The third-order valence-corrected chi connectivity index (χ3v) is 4.08. The molecular weight excluding hydrogens is 312 g/mol. The molecule has 4 rings (SSSR count). The molecule has 0 aliphatic carbocycles. The van der Waals surface area contributed by atoms with E-state index in [0.29, 0.717) is 12.4 Å². The molecule has 3 nitrogen and oxygen atoms in total. The van der Waals surface area contributed by atoms with Gasteiger partial charge in [0.1, 0.15) is 12.4 Å². The number of fused-ring (bicyclic) bond motifs is 1. The van der Waals surface area contributed by atoms with Crippen LogP contribution in [0.5, 0.6) is 17.2 Å². The summed E-state index contributed by atoms with van der Waals surface area (Å²) >= 11 is 0. The zero-order valence-corrected chi connectivity index (χ0v) is 13.6. The maximum atomic E-state index is 5.83. The van der Waals surface area contributed by atoms with Gasteiger partial charge in [0, 0.05) is 17.2 Å². The number of hydrogen-bond acceptors (Lipinski definition) is 3. The van der Waals surface area contributed by atoms with E-state index in [1.54, 1.807) is 0 Å². The zero-order chi connectivity index (χ0) is 17.1. The number of terminal acetylenes is 1. The molecule has 25 heavy (non-hydrogen) atoms. The lowest BCUT2D eigenvalue weighted by atomic mass is 9.99. The van der Waals surface area contributed by atoms with Crippen LogP contribution in [0.1, 0.15) is 11.1 Å². The van der Waals surface area contributed by atoms with Crippen molar-refractivity contribution in [2.24, 2.45) is 0 Å². The van der Waals surface area contributed by atoms with Gasteiger partial charge in [0.2, 0.25) is 6.79 Å². The maximum absolute atomic E-state index is 5.83. The van der Waals surface area contributed by atoms with Crippen LogP contribution in [-0.2, 0) is 6.61 Å². The van der Waals surface area contributed by atoms with Gasteiger partial charge in [-0.1, -0.05) is 48.4 Å². The highest BCUT2D eigenvalue weighted by Gasteiger charge is 2.17. The fourth-order valence-electron chi connectivity index (χ4n) is 2.77. The van der Waals surface area contributed by atoms with Crippen LogP contribution < -0.4 is 14.2 Å². The van der Waals surface area contributed by atoms with E-state index in [-0.39, 0.29) is 6.79 Å². The van der Waals surface area contributed by atoms with Gasteiger partial charge in [0.05, 0.1) is 0 Å². The third-order valence-electron chi connectivity index (χ3n) is 4.08. The SMILES string of the molecule is C#Cc1cc2c(cc1-c1ccc(OCc3ccccc3)cc1)OCO2. The Hall–Kier alpha value is -3.38. The lowest BCUT2D eigenvalue weighted by Gasteiger charge is -2.10. The Morgan fingerprint density at radius 2 is 1.64 bits per heavy atom.